The van der Waals surface area contributed by atoms with Crippen LogP contribution in [0.1, 0.15) is 15.2 Å². The van der Waals surface area contributed by atoms with E-state index in [-0.39, 0.29) is 11.6 Å². The summed E-state index contributed by atoms with van der Waals surface area (Å²) in [5, 5.41) is 14.4. The fourth-order valence-electron chi connectivity index (χ4n) is 2.96. The summed E-state index contributed by atoms with van der Waals surface area (Å²) >= 11 is 1.27. The van der Waals surface area contributed by atoms with Crippen LogP contribution in [0.5, 0.6) is 11.5 Å². The van der Waals surface area contributed by atoms with Crippen molar-refractivity contribution in [1.29, 1.82) is 0 Å². The standard InChI is InChI=1S/C22H17N3O5S/c1-29-18-6-4-16(11-19(18)30-13-14-3-2-8-23-12-14)24-22(26)21-10-15-9-17(25(27)28)5-7-20(15)31-21/h2-12H,13H2,1H3,(H,24,26). The van der Waals surface area contributed by atoms with Gasteiger partial charge in [0.2, 0.25) is 0 Å². The van der Waals surface area contributed by atoms with Crippen molar-refractivity contribution in [2.24, 2.45) is 0 Å². The second-order valence-electron chi connectivity index (χ2n) is 6.56. The number of rotatable bonds is 7. The molecule has 0 atom stereocenters. The lowest BCUT2D eigenvalue weighted by molar-refractivity contribution is -0.384. The van der Waals surface area contributed by atoms with Crippen LogP contribution in [0.15, 0.2) is 67.0 Å². The van der Waals surface area contributed by atoms with Crippen LogP contribution in [0.3, 0.4) is 0 Å². The number of methoxy groups -OCH3 is 1. The highest BCUT2D eigenvalue weighted by Crippen LogP contribution is 2.32. The number of pyridine rings is 1. The zero-order valence-electron chi connectivity index (χ0n) is 16.4. The van der Waals surface area contributed by atoms with Crippen molar-refractivity contribution >= 4 is 38.7 Å². The van der Waals surface area contributed by atoms with Gasteiger partial charge in [0.05, 0.1) is 16.9 Å². The molecule has 8 nitrogen and oxygen atoms in total. The third-order valence-corrected chi connectivity index (χ3v) is 5.59. The molecule has 0 bridgehead atoms. The third kappa shape index (κ3) is 4.62. The number of benzene rings is 2. The predicted octanol–water partition coefficient (Wildman–Crippen LogP) is 5.04. The van der Waals surface area contributed by atoms with E-state index < -0.39 is 4.92 Å². The van der Waals surface area contributed by atoms with E-state index in [1.807, 2.05) is 12.1 Å². The Morgan fingerprint density at radius 1 is 1.16 bits per heavy atom. The molecule has 2 aromatic carbocycles. The number of carbonyl (C=O) groups excluding carboxylic acids is 1. The maximum Gasteiger partial charge on any atom is 0.270 e. The summed E-state index contributed by atoms with van der Waals surface area (Å²) in [5.41, 5.74) is 1.43. The molecular formula is C22H17N3O5S. The monoisotopic (exact) mass is 435 g/mol. The molecule has 0 spiro atoms. The fraction of sp³-hybridized carbons (Fsp3) is 0.0909. The quantitative estimate of drug-likeness (QED) is 0.322. The number of hydrogen-bond acceptors (Lipinski definition) is 7. The average molecular weight is 435 g/mol. The summed E-state index contributed by atoms with van der Waals surface area (Å²) in [6.45, 7) is 0.302. The Morgan fingerprint density at radius 3 is 2.77 bits per heavy atom. The van der Waals surface area contributed by atoms with E-state index in [4.69, 9.17) is 9.47 Å². The zero-order valence-corrected chi connectivity index (χ0v) is 17.2. The minimum Gasteiger partial charge on any atom is -0.493 e. The molecular weight excluding hydrogens is 418 g/mol. The molecule has 0 radical (unpaired) electrons. The number of nitrogens with zero attached hydrogens (tertiary/aromatic N) is 2. The number of aromatic nitrogens is 1. The summed E-state index contributed by atoms with van der Waals surface area (Å²) in [4.78, 5) is 27.7. The van der Waals surface area contributed by atoms with E-state index in [2.05, 4.69) is 10.3 Å². The van der Waals surface area contributed by atoms with Crippen LogP contribution >= 0.6 is 11.3 Å². The van der Waals surface area contributed by atoms with Gasteiger partial charge in [-0.05, 0) is 30.3 Å². The van der Waals surface area contributed by atoms with E-state index >= 15 is 0 Å². The zero-order chi connectivity index (χ0) is 21.8. The molecule has 0 aliphatic rings. The number of nitro groups is 1. The number of anilines is 1. The van der Waals surface area contributed by atoms with Crippen molar-refractivity contribution in [2.75, 3.05) is 12.4 Å². The van der Waals surface area contributed by atoms with Crippen molar-refractivity contribution < 1.29 is 19.2 Å². The number of ether oxygens (including phenoxy) is 2. The molecule has 31 heavy (non-hydrogen) atoms. The fourth-order valence-corrected chi connectivity index (χ4v) is 3.90. The lowest BCUT2D eigenvalue weighted by atomic mass is 10.2. The topological polar surface area (TPSA) is 104 Å². The summed E-state index contributed by atoms with van der Waals surface area (Å²) in [7, 11) is 1.54. The van der Waals surface area contributed by atoms with E-state index in [1.54, 1.807) is 49.8 Å². The number of thiophene rings is 1. The normalized spacial score (nSPS) is 10.6. The SMILES string of the molecule is COc1ccc(NC(=O)c2cc3cc([N+](=O)[O-])ccc3s2)cc1OCc1cccnc1. The van der Waals surface area contributed by atoms with Gasteiger partial charge in [0.25, 0.3) is 11.6 Å². The largest absolute Gasteiger partial charge is 0.493 e. The molecule has 0 unspecified atom stereocenters. The maximum absolute atomic E-state index is 12.7. The molecule has 1 N–H and O–H groups in total. The van der Waals surface area contributed by atoms with Gasteiger partial charge in [-0.3, -0.25) is 19.9 Å². The predicted molar refractivity (Wildman–Crippen MR) is 118 cm³/mol. The molecule has 2 aromatic heterocycles. The Bertz CT molecular complexity index is 1260. The molecule has 1 amide bonds. The van der Waals surface area contributed by atoms with Crippen molar-refractivity contribution in [3.8, 4) is 11.5 Å². The molecule has 9 heteroatoms. The number of hydrogen-bond donors (Lipinski definition) is 1. The lowest BCUT2D eigenvalue weighted by Crippen LogP contribution is -2.10. The second-order valence-corrected chi connectivity index (χ2v) is 7.64. The minimum atomic E-state index is -0.457. The van der Waals surface area contributed by atoms with Crippen molar-refractivity contribution in [1.82, 2.24) is 4.98 Å². The average Bonchev–Trinajstić information content (AvgIpc) is 3.22. The third-order valence-electron chi connectivity index (χ3n) is 4.47. The van der Waals surface area contributed by atoms with Gasteiger partial charge < -0.3 is 14.8 Å². The highest BCUT2D eigenvalue weighted by atomic mass is 32.1. The van der Waals surface area contributed by atoms with Gasteiger partial charge in [-0.15, -0.1) is 11.3 Å². The first kappa shape index (κ1) is 20.3. The van der Waals surface area contributed by atoms with Gasteiger partial charge in [-0.1, -0.05) is 6.07 Å². The Morgan fingerprint density at radius 2 is 2.03 bits per heavy atom. The summed E-state index contributed by atoms with van der Waals surface area (Å²) in [6.07, 6.45) is 3.40. The van der Waals surface area contributed by atoms with E-state index in [0.717, 1.165) is 10.3 Å². The Kier molecular flexibility index (Phi) is 5.76. The van der Waals surface area contributed by atoms with Crippen LogP contribution in [0.25, 0.3) is 10.1 Å². The maximum atomic E-state index is 12.7. The van der Waals surface area contributed by atoms with Crippen molar-refractivity contribution in [3.05, 3.63) is 87.5 Å². The second kappa shape index (κ2) is 8.80. The van der Waals surface area contributed by atoms with Gasteiger partial charge in [0.1, 0.15) is 6.61 Å². The number of non-ortho nitro benzene ring substituents is 1. The summed E-state index contributed by atoms with van der Waals surface area (Å²) in [5.74, 6) is 0.708. The molecule has 156 valence electrons. The van der Waals surface area contributed by atoms with Gasteiger partial charge >= 0.3 is 0 Å². The first-order valence-corrected chi connectivity index (χ1v) is 10.0. The number of nitrogens with one attached hydrogen (secondary N) is 1. The van der Waals surface area contributed by atoms with Gasteiger partial charge in [-0.2, -0.15) is 0 Å². The van der Waals surface area contributed by atoms with Crippen molar-refractivity contribution in [3.63, 3.8) is 0 Å². The van der Waals surface area contributed by atoms with E-state index in [9.17, 15) is 14.9 Å². The molecule has 0 fully saturated rings. The van der Waals surface area contributed by atoms with Crippen LogP contribution in [-0.4, -0.2) is 22.9 Å². The molecule has 4 aromatic rings. The van der Waals surface area contributed by atoms with Crippen LogP contribution in [0.4, 0.5) is 11.4 Å². The number of amides is 1. The Balaban J connectivity index is 1.52. The molecule has 0 aliphatic carbocycles. The summed E-state index contributed by atoms with van der Waals surface area (Å²) < 4.78 is 12.0. The van der Waals surface area contributed by atoms with E-state index in [1.165, 1.54) is 23.5 Å². The molecule has 4 rings (SSSR count). The molecule has 2 heterocycles. The van der Waals surface area contributed by atoms with Crippen LogP contribution in [-0.2, 0) is 6.61 Å². The molecule has 0 saturated heterocycles. The van der Waals surface area contributed by atoms with Crippen LogP contribution in [0, 0.1) is 10.1 Å². The lowest BCUT2D eigenvalue weighted by Gasteiger charge is -2.13. The Hall–Kier alpha value is -3.98. The smallest absolute Gasteiger partial charge is 0.270 e. The highest BCUT2D eigenvalue weighted by molar-refractivity contribution is 7.20. The number of carbonyl (C=O) groups is 1. The van der Waals surface area contributed by atoms with Crippen molar-refractivity contribution in [2.45, 2.75) is 6.61 Å². The Labute approximate surface area is 181 Å². The highest BCUT2D eigenvalue weighted by Gasteiger charge is 2.15. The number of fused-ring (bicyclic) bond motifs is 1. The number of nitro benzene ring substituents is 1. The van der Waals surface area contributed by atoms with Crippen LogP contribution < -0.4 is 14.8 Å². The van der Waals surface area contributed by atoms with Gasteiger partial charge in [0, 0.05) is 51.9 Å². The van der Waals surface area contributed by atoms with E-state index in [0.29, 0.717) is 34.1 Å². The minimum absolute atomic E-state index is 0.0113. The molecule has 0 aliphatic heterocycles. The first-order valence-electron chi connectivity index (χ1n) is 9.22. The van der Waals surface area contributed by atoms with Gasteiger partial charge in [0.15, 0.2) is 11.5 Å². The summed E-state index contributed by atoms with van der Waals surface area (Å²) in [6, 6.07) is 15.0. The first-order chi connectivity index (χ1) is 15.0. The van der Waals surface area contributed by atoms with Crippen LogP contribution in [0.2, 0.25) is 0 Å². The van der Waals surface area contributed by atoms with Gasteiger partial charge in [-0.25, -0.2) is 0 Å². The molecule has 0 saturated carbocycles.